The zero-order valence-corrected chi connectivity index (χ0v) is 11.2. The molecule has 0 saturated heterocycles. The molecule has 6 heteroatoms. The first-order valence-electron chi connectivity index (χ1n) is 5.38. The summed E-state index contributed by atoms with van der Waals surface area (Å²) in [5, 5.41) is 0.201. The summed E-state index contributed by atoms with van der Waals surface area (Å²) in [7, 11) is 1.86. The molecule has 0 aliphatic heterocycles. The maximum absolute atomic E-state index is 11.2. The Kier molecular flexibility index (Phi) is 4.28. The molecule has 1 rings (SSSR count). The van der Waals surface area contributed by atoms with Crippen molar-refractivity contribution in [1.82, 2.24) is 9.97 Å². The second kappa shape index (κ2) is 5.31. The number of ketones is 1. The molecule has 0 spiro atoms. The summed E-state index contributed by atoms with van der Waals surface area (Å²) in [6.07, 6.45) is 0. The minimum absolute atomic E-state index is 0.118. The summed E-state index contributed by atoms with van der Waals surface area (Å²) < 4.78 is 0. The van der Waals surface area contributed by atoms with Crippen LogP contribution in [0.5, 0.6) is 0 Å². The van der Waals surface area contributed by atoms with Gasteiger partial charge in [-0.15, -0.1) is 0 Å². The van der Waals surface area contributed by atoms with E-state index in [4.69, 9.17) is 17.3 Å². The Bertz CT molecular complexity index is 434. The van der Waals surface area contributed by atoms with Crippen molar-refractivity contribution in [3.63, 3.8) is 0 Å². The van der Waals surface area contributed by atoms with Crippen molar-refractivity contribution in [3.8, 4) is 0 Å². The lowest BCUT2D eigenvalue weighted by molar-refractivity contribution is 0.101. The fourth-order valence-corrected chi connectivity index (χ4v) is 1.83. The maximum Gasteiger partial charge on any atom is 0.181 e. The summed E-state index contributed by atoms with van der Waals surface area (Å²) in [6, 6.07) is 0. The predicted molar refractivity (Wildman–Crippen MR) is 69.6 cm³/mol. The number of nitrogens with two attached hydrogens (primary N) is 1. The first kappa shape index (κ1) is 13.7. The molecule has 0 amide bonds. The summed E-state index contributed by atoms with van der Waals surface area (Å²) in [6.45, 7) is 6.34. The average molecular weight is 257 g/mol. The molecule has 0 aliphatic rings. The summed E-state index contributed by atoms with van der Waals surface area (Å²) in [4.78, 5) is 21.2. The molecule has 0 radical (unpaired) electrons. The Morgan fingerprint density at radius 2 is 2.06 bits per heavy atom. The van der Waals surface area contributed by atoms with Crippen molar-refractivity contribution in [2.24, 2.45) is 5.92 Å². The number of aromatic nitrogens is 2. The van der Waals surface area contributed by atoms with Gasteiger partial charge in [-0.05, 0) is 5.92 Å². The Balaban J connectivity index is 3.11. The van der Waals surface area contributed by atoms with Gasteiger partial charge < -0.3 is 10.6 Å². The largest absolute Gasteiger partial charge is 0.382 e. The van der Waals surface area contributed by atoms with Crippen molar-refractivity contribution in [1.29, 1.82) is 0 Å². The first-order valence-corrected chi connectivity index (χ1v) is 5.75. The van der Waals surface area contributed by atoms with Gasteiger partial charge in [0.25, 0.3) is 0 Å². The molecule has 2 N–H and O–H groups in total. The number of halogens is 1. The third-order valence-corrected chi connectivity index (χ3v) is 2.45. The molecule has 0 aliphatic carbocycles. The lowest BCUT2D eigenvalue weighted by Gasteiger charge is -2.21. The number of hydrogen-bond acceptors (Lipinski definition) is 5. The molecule has 1 aromatic heterocycles. The molecule has 5 nitrogen and oxygen atoms in total. The van der Waals surface area contributed by atoms with E-state index in [1.165, 1.54) is 6.92 Å². The Morgan fingerprint density at radius 3 is 2.53 bits per heavy atom. The normalized spacial score (nSPS) is 10.7. The van der Waals surface area contributed by atoms with E-state index in [2.05, 4.69) is 23.8 Å². The zero-order valence-electron chi connectivity index (χ0n) is 10.5. The van der Waals surface area contributed by atoms with E-state index in [1.807, 2.05) is 11.9 Å². The lowest BCUT2D eigenvalue weighted by atomic mass is 10.2. The Morgan fingerprint density at radius 1 is 1.47 bits per heavy atom. The first-order chi connectivity index (χ1) is 7.82. The van der Waals surface area contributed by atoms with Gasteiger partial charge in [-0.25, -0.2) is 9.97 Å². The number of carbonyl (C=O) groups excluding carboxylic acids is 1. The molecule has 94 valence electrons. The topological polar surface area (TPSA) is 72.1 Å². The third kappa shape index (κ3) is 3.30. The van der Waals surface area contributed by atoms with E-state index in [1.54, 1.807) is 0 Å². The Labute approximate surface area is 106 Å². The molecule has 0 atom stereocenters. The highest BCUT2D eigenvalue weighted by atomic mass is 35.5. The molecular formula is C11H17ClN4O. The SMILES string of the molecule is CC(=O)c1nc(Cl)c(N(C)CC(C)C)nc1N. The van der Waals surface area contributed by atoms with Crippen LogP contribution in [0.25, 0.3) is 0 Å². The van der Waals surface area contributed by atoms with Crippen molar-refractivity contribution in [2.45, 2.75) is 20.8 Å². The maximum atomic E-state index is 11.2. The number of rotatable bonds is 4. The lowest BCUT2D eigenvalue weighted by Crippen LogP contribution is -2.25. The van der Waals surface area contributed by atoms with Gasteiger partial charge in [-0.2, -0.15) is 0 Å². The smallest absolute Gasteiger partial charge is 0.181 e. The van der Waals surface area contributed by atoms with Gasteiger partial charge in [-0.1, -0.05) is 25.4 Å². The Hall–Kier alpha value is -1.36. The van der Waals surface area contributed by atoms with Crippen LogP contribution in [0.15, 0.2) is 0 Å². The number of nitrogens with zero attached hydrogens (tertiary/aromatic N) is 3. The highest BCUT2D eigenvalue weighted by molar-refractivity contribution is 6.32. The number of Topliss-reactive ketones (excluding diaryl/α,β-unsaturated/α-hetero) is 1. The molecule has 1 aromatic rings. The fourth-order valence-electron chi connectivity index (χ4n) is 1.55. The van der Waals surface area contributed by atoms with E-state index < -0.39 is 0 Å². The van der Waals surface area contributed by atoms with Crippen LogP contribution in [0.3, 0.4) is 0 Å². The van der Waals surface area contributed by atoms with Crippen LogP contribution >= 0.6 is 11.6 Å². The van der Waals surface area contributed by atoms with Gasteiger partial charge in [0, 0.05) is 20.5 Å². The second-order valence-corrected chi connectivity index (χ2v) is 4.76. The van der Waals surface area contributed by atoms with Gasteiger partial charge in [0.2, 0.25) is 0 Å². The number of nitrogen functional groups attached to an aromatic ring is 1. The molecule has 0 aromatic carbocycles. The third-order valence-electron chi connectivity index (χ3n) is 2.20. The van der Waals surface area contributed by atoms with Crippen LogP contribution in [0.2, 0.25) is 5.15 Å². The molecule has 0 saturated carbocycles. The van der Waals surface area contributed by atoms with Gasteiger partial charge >= 0.3 is 0 Å². The van der Waals surface area contributed by atoms with Crippen molar-refractivity contribution in [2.75, 3.05) is 24.2 Å². The van der Waals surface area contributed by atoms with E-state index >= 15 is 0 Å². The van der Waals surface area contributed by atoms with E-state index in [0.717, 1.165) is 6.54 Å². The molecule has 0 unspecified atom stereocenters. The van der Waals surface area contributed by atoms with Gasteiger partial charge in [0.15, 0.2) is 22.6 Å². The highest BCUT2D eigenvalue weighted by Gasteiger charge is 2.16. The minimum Gasteiger partial charge on any atom is -0.382 e. The molecule has 0 bridgehead atoms. The van der Waals surface area contributed by atoms with E-state index in [9.17, 15) is 4.79 Å². The van der Waals surface area contributed by atoms with Gasteiger partial charge in [-0.3, -0.25) is 4.79 Å². The van der Waals surface area contributed by atoms with Crippen LogP contribution in [-0.2, 0) is 0 Å². The monoisotopic (exact) mass is 256 g/mol. The standard InChI is InChI=1S/C11H17ClN4O/c1-6(2)5-16(4)11-9(12)14-8(7(3)17)10(13)15-11/h6H,5H2,1-4H3,(H2,13,15). The molecular weight excluding hydrogens is 240 g/mol. The van der Waals surface area contributed by atoms with Crippen molar-refractivity contribution >= 4 is 29.0 Å². The number of hydrogen-bond donors (Lipinski definition) is 1. The van der Waals surface area contributed by atoms with Gasteiger partial charge in [0.05, 0.1) is 0 Å². The van der Waals surface area contributed by atoms with Crippen LogP contribution in [0, 0.1) is 5.92 Å². The van der Waals surface area contributed by atoms with Gasteiger partial charge in [0.1, 0.15) is 5.69 Å². The van der Waals surface area contributed by atoms with Crippen LogP contribution in [0.1, 0.15) is 31.3 Å². The summed E-state index contributed by atoms with van der Waals surface area (Å²) in [5.74, 6) is 0.844. The van der Waals surface area contributed by atoms with E-state index in [0.29, 0.717) is 11.7 Å². The van der Waals surface area contributed by atoms with Crippen LogP contribution in [-0.4, -0.2) is 29.3 Å². The minimum atomic E-state index is -0.241. The number of carbonyl (C=O) groups is 1. The fraction of sp³-hybridized carbons (Fsp3) is 0.545. The van der Waals surface area contributed by atoms with Crippen LogP contribution in [0.4, 0.5) is 11.6 Å². The summed E-state index contributed by atoms with van der Waals surface area (Å²) in [5.41, 5.74) is 5.80. The predicted octanol–water partition coefficient (Wildman–Crippen LogP) is 2.01. The zero-order chi connectivity index (χ0) is 13.2. The van der Waals surface area contributed by atoms with Crippen LogP contribution < -0.4 is 10.6 Å². The molecule has 17 heavy (non-hydrogen) atoms. The quantitative estimate of drug-likeness (QED) is 0.835. The summed E-state index contributed by atoms with van der Waals surface area (Å²) >= 11 is 6.00. The number of anilines is 2. The molecule has 0 fully saturated rings. The molecule has 1 heterocycles. The second-order valence-electron chi connectivity index (χ2n) is 4.40. The highest BCUT2D eigenvalue weighted by Crippen LogP contribution is 2.24. The van der Waals surface area contributed by atoms with E-state index in [-0.39, 0.29) is 22.4 Å². The van der Waals surface area contributed by atoms with Crippen molar-refractivity contribution < 1.29 is 4.79 Å². The average Bonchev–Trinajstić information content (AvgIpc) is 2.19. The van der Waals surface area contributed by atoms with Crippen molar-refractivity contribution in [3.05, 3.63) is 10.8 Å².